The lowest BCUT2D eigenvalue weighted by Gasteiger charge is -2.25. The van der Waals surface area contributed by atoms with Crippen LogP contribution in [-0.4, -0.2) is 29.9 Å². The molecule has 0 fully saturated rings. The average molecular weight is 278 g/mol. The van der Waals surface area contributed by atoms with Crippen molar-refractivity contribution in [3.8, 4) is 0 Å². The molecular formula is C15H22N2O3. The van der Waals surface area contributed by atoms with E-state index in [1.54, 1.807) is 11.0 Å². The van der Waals surface area contributed by atoms with E-state index in [0.29, 0.717) is 6.54 Å². The maximum absolute atomic E-state index is 12.1. The number of aliphatic hydroxyl groups is 1. The molecule has 2 rings (SSSR count). The largest absolute Gasteiger partial charge is 0.443 e. The van der Waals surface area contributed by atoms with Crippen molar-refractivity contribution in [3.05, 3.63) is 29.3 Å². The van der Waals surface area contributed by atoms with Crippen LogP contribution >= 0.6 is 0 Å². The molecule has 1 heterocycles. The number of carbonyl (C=O) groups excluding carboxylic acids is 1. The van der Waals surface area contributed by atoms with Crippen LogP contribution in [0, 0.1) is 0 Å². The third-order valence-corrected chi connectivity index (χ3v) is 3.22. The first kappa shape index (κ1) is 14.8. The van der Waals surface area contributed by atoms with E-state index in [2.05, 4.69) is 0 Å². The Morgan fingerprint density at radius 2 is 2.20 bits per heavy atom. The smallest absolute Gasteiger partial charge is 0.414 e. The zero-order chi connectivity index (χ0) is 14.9. The summed E-state index contributed by atoms with van der Waals surface area (Å²) in [5.41, 5.74) is 7.64. The van der Waals surface area contributed by atoms with Gasteiger partial charge in [0, 0.05) is 13.1 Å². The molecule has 1 unspecified atom stereocenters. The molecule has 0 radical (unpaired) electrons. The second-order valence-electron chi connectivity index (χ2n) is 6.02. The molecule has 0 aliphatic carbocycles. The summed E-state index contributed by atoms with van der Waals surface area (Å²) in [6.45, 7) is 6.34. The predicted molar refractivity (Wildman–Crippen MR) is 77.7 cm³/mol. The van der Waals surface area contributed by atoms with Gasteiger partial charge in [0.1, 0.15) is 5.60 Å². The van der Waals surface area contributed by atoms with Crippen LogP contribution in [-0.2, 0) is 11.2 Å². The number of amides is 1. The summed E-state index contributed by atoms with van der Waals surface area (Å²) >= 11 is 0. The molecule has 0 saturated carbocycles. The molecule has 1 aliphatic heterocycles. The minimum Gasteiger partial charge on any atom is -0.443 e. The third-order valence-electron chi connectivity index (χ3n) is 3.22. The Balaban J connectivity index is 2.19. The summed E-state index contributed by atoms with van der Waals surface area (Å²) in [5, 5.41) is 9.76. The van der Waals surface area contributed by atoms with Gasteiger partial charge in [-0.05, 0) is 44.4 Å². The van der Waals surface area contributed by atoms with Gasteiger partial charge in [-0.1, -0.05) is 12.1 Å². The third kappa shape index (κ3) is 3.11. The topological polar surface area (TPSA) is 75.8 Å². The first-order valence-electron chi connectivity index (χ1n) is 6.83. The second-order valence-corrected chi connectivity index (χ2v) is 6.02. The number of anilines is 1. The Morgan fingerprint density at radius 1 is 1.50 bits per heavy atom. The van der Waals surface area contributed by atoms with E-state index in [0.717, 1.165) is 23.2 Å². The maximum atomic E-state index is 12.1. The molecule has 20 heavy (non-hydrogen) atoms. The molecule has 5 heteroatoms. The molecule has 3 N–H and O–H groups in total. The lowest BCUT2D eigenvalue weighted by atomic mass is 10.0. The Kier molecular flexibility index (Phi) is 4.01. The summed E-state index contributed by atoms with van der Waals surface area (Å²) in [4.78, 5) is 13.8. The SMILES string of the molecule is CC(C)(C)OC(=O)N1CCc2cc(C(O)CN)ccc21. The zero-order valence-corrected chi connectivity index (χ0v) is 12.2. The molecule has 5 nitrogen and oxygen atoms in total. The second kappa shape index (κ2) is 5.42. The Bertz CT molecular complexity index is 508. The summed E-state index contributed by atoms with van der Waals surface area (Å²) in [7, 11) is 0. The fourth-order valence-electron chi connectivity index (χ4n) is 2.27. The molecule has 0 bridgehead atoms. The van der Waals surface area contributed by atoms with Crippen LogP contribution < -0.4 is 10.6 Å². The molecule has 1 atom stereocenters. The van der Waals surface area contributed by atoms with Crippen LogP contribution in [0.5, 0.6) is 0 Å². The zero-order valence-electron chi connectivity index (χ0n) is 12.2. The lowest BCUT2D eigenvalue weighted by molar-refractivity contribution is 0.0584. The van der Waals surface area contributed by atoms with Crippen LogP contribution in [0.3, 0.4) is 0 Å². The van der Waals surface area contributed by atoms with Gasteiger partial charge in [0.2, 0.25) is 0 Å². The molecule has 0 aromatic heterocycles. The highest BCUT2D eigenvalue weighted by molar-refractivity contribution is 5.90. The van der Waals surface area contributed by atoms with Gasteiger partial charge in [-0.25, -0.2) is 4.79 Å². The van der Waals surface area contributed by atoms with Crippen LogP contribution in [0.1, 0.15) is 38.0 Å². The molecule has 1 aromatic carbocycles. The van der Waals surface area contributed by atoms with E-state index in [-0.39, 0.29) is 12.6 Å². The number of benzene rings is 1. The number of nitrogens with two attached hydrogens (primary N) is 1. The number of aliphatic hydroxyl groups excluding tert-OH is 1. The summed E-state index contributed by atoms with van der Waals surface area (Å²) in [5.74, 6) is 0. The summed E-state index contributed by atoms with van der Waals surface area (Å²) in [6.07, 6.45) is -0.223. The van der Waals surface area contributed by atoms with Gasteiger partial charge < -0.3 is 15.6 Å². The van der Waals surface area contributed by atoms with Crippen molar-refractivity contribution < 1.29 is 14.6 Å². The fourth-order valence-corrected chi connectivity index (χ4v) is 2.27. The fraction of sp³-hybridized carbons (Fsp3) is 0.533. The van der Waals surface area contributed by atoms with Crippen molar-refractivity contribution >= 4 is 11.8 Å². The van der Waals surface area contributed by atoms with Crippen LogP contribution in [0.15, 0.2) is 18.2 Å². The van der Waals surface area contributed by atoms with Crippen molar-refractivity contribution in [3.63, 3.8) is 0 Å². The molecule has 0 spiro atoms. The van der Waals surface area contributed by atoms with Gasteiger partial charge >= 0.3 is 6.09 Å². The molecule has 0 saturated heterocycles. The number of fused-ring (bicyclic) bond motifs is 1. The highest BCUT2D eigenvalue weighted by Crippen LogP contribution is 2.31. The normalized spacial score (nSPS) is 15.9. The highest BCUT2D eigenvalue weighted by Gasteiger charge is 2.29. The lowest BCUT2D eigenvalue weighted by Crippen LogP contribution is -2.35. The summed E-state index contributed by atoms with van der Waals surface area (Å²) < 4.78 is 5.39. The Labute approximate surface area is 119 Å². The van der Waals surface area contributed by atoms with E-state index in [1.165, 1.54) is 0 Å². The number of hydrogen-bond acceptors (Lipinski definition) is 4. The van der Waals surface area contributed by atoms with Crippen molar-refractivity contribution in [2.75, 3.05) is 18.0 Å². The molecule has 110 valence electrons. The van der Waals surface area contributed by atoms with Crippen molar-refractivity contribution in [2.24, 2.45) is 5.73 Å². The van der Waals surface area contributed by atoms with Gasteiger partial charge in [0.15, 0.2) is 0 Å². The van der Waals surface area contributed by atoms with Crippen molar-refractivity contribution in [1.82, 2.24) is 0 Å². The van der Waals surface area contributed by atoms with E-state index >= 15 is 0 Å². The van der Waals surface area contributed by atoms with Crippen LogP contribution in [0.25, 0.3) is 0 Å². The van der Waals surface area contributed by atoms with Crippen LogP contribution in [0.4, 0.5) is 10.5 Å². The average Bonchev–Trinajstić information content (AvgIpc) is 2.78. The van der Waals surface area contributed by atoms with E-state index in [9.17, 15) is 9.90 Å². The molecule has 1 aliphatic rings. The first-order chi connectivity index (χ1) is 9.31. The number of ether oxygens (including phenoxy) is 1. The Hall–Kier alpha value is -1.59. The number of carbonyl (C=O) groups is 1. The first-order valence-corrected chi connectivity index (χ1v) is 6.83. The molecule has 1 aromatic rings. The molecule has 1 amide bonds. The van der Waals surface area contributed by atoms with Crippen molar-refractivity contribution in [2.45, 2.75) is 38.9 Å². The summed E-state index contributed by atoms with van der Waals surface area (Å²) in [6, 6.07) is 5.57. The molecular weight excluding hydrogens is 256 g/mol. The quantitative estimate of drug-likeness (QED) is 0.867. The van der Waals surface area contributed by atoms with E-state index in [1.807, 2.05) is 32.9 Å². The van der Waals surface area contributed by atoms with Gasteiger partial charge in [-0.15, -0.1) is 0 Å². The van der Waals surface area contributed by atoms with Gasteiger partial charge in [0.05, 0.1) is 11.8 Å². The van der Waals surface area contributed by atoms with E-state index in [4.69, 9.17) is 10.5 Å². The maximum Gasteiger partial charge on any atom is 0.414 e. The monoisotopic (exact) mass is 278 g/mol. The van der Waals surface area contributed by atoms with Gasteiger partial charge in [-0.3, -0.25) is 4.90 Å². The minimum absolute atomic E-state index is 0.189. The van der Waals surface area contributed by atoms with Crippen molar-refractivity contribution in [1.29, 1.82) is 0 Å². The minimum atomic E-state index is -0.657. The number of rotatable bonds is 2. The van der Waals surface area contributed by atoms with Gasteiger partial charge in [-0.2, -0.15) is 0 Å². The Morgan fingerprint density at radius 3 is 2.80 bits per heavy atom. The predicted octanol–water partition coefficient (Wildman–Crippen LogP) is 1.98. The standard InChI is InChI=1S/C15H22N2O3/c1-15(2,3)20-14(19)17-7-6-10-8-11(13(18)9-16)4-5-12(10)17/h4-5,8,13,18H,6-7,9,16H2,1-3H3. The van der Waals surface area contributed by atoms with Crippen LogP contribution in [0.2, 0.25) is 0 Å². The number of hydrogen-bond donors (Lipinski definition) is 2. The number of nitrogens with zero attached hydrogens (tertiary/aromatic N) is 1. The van der Waals surface area contributed by atoms with Gasteiger partial charge in [0.25, 0.3) is 0 Å². The highest BCUT2D eigenvalue weighted by atomic mass is 16.6. The van der Waals surface area contributed by atoms with E-state index < -0.39 is 11.7 Å².